The number of carboxylic acids is 1. The third kappa shape index (κ3) is 47.0. The molecule has 0 rings (SSSR count). The fraction of sp³-hybridized carbons (Fsp3) is 0.857. The molecule has 0 fully saturated rings. The minimum Gasteiger partial charge on any atom is -0.480 e. The SMILES string of the molecule is CCCCCCCCCCCCCCCCCCC(=O)NCCCC(=O)NCCOCCOCC(=O)NCCOCCOCC(=O)NC(CCC(=O)NCCCC(=O)NCCCCC)C(=O)O. The summed E-state index contributed by atoms with van der Waals surface area (Å²) in [5.74, 6) is -2.75. The third-order valence-electron chi connectivity index (χ3n) is 10.8. The molecule has 0 aromatic rings. The number of rotatable bonds is 50. The monoisotopic (exact) mass is 957 g/mol. The van der Waals surface area contributed by atoms with E-state index >= 15 is 0 Å². The van der Waals surface area contributed by atoms with Crippen LogP contribution in [-0.2, 0) is 52.5 Å². The Morgan fingerprint density at radius 1 is 0.358 bits per heavy atom. The minimum absolute atomic E-state index is 0.0480. The first-order valence-corrected chi connectivity index (χ1v) is 25.8. The summed E-state index contributed by atoms with van der Waals surface area (Å²) in [4.78, 5) is 83.8. The standard InChI is InChI=1S/C49H92N6O12/c1-3-5-7-8-9-10-11-12-13-14-15-16-17-18-19-20-24-43(56)51-30-23-26-45(58)53-32-34-64-36-38-66-40-47(60)54-33-35-65-37-39-67-41-48(61)55-42(49(62)63)27-28-46(59)52-31-22-25-44(57)50-29-21-6-4-2/h42H,3-41H2,1-2H3,(H,50,57)(H,51,56)(H,52,59)(H,53,58)(H,54,60)(H,55,61)(H,62,63). The molecule has 6 amide bonds. The number of carbonyl (C=O) groups excluding carboxylic acids is 6. The van der Waals surface area contributed by atoms with Crippen molar-refractivity contribution in [3.63, 3.8) is 0 Å². The predicted octanol–water partition coefficient (Wildman–Crippen LogP) is 5.39. The number of amides is 6. The van der Waals surface area contributed by atoms with Crippen molar-refractivity contribution in [1.82, 2.24) is 31.9 Å². The second kappa shape index (κ2) is 48.6. The van der Waals surface area contributed by atoms with E-state index in [4.69, 9.17) is 18.9 Å². The Hall–Kier alpha value is -3.87. The van der Waals surface area contributed by atoms with Gasteiger partial charge in [-0.2, -0.15) is 0 Å². The molecule has 0 aromatic heterocycles. The Labute approximate surface area is 402 Å². The fourth-order valence-electron chi connectivity index (χ4n) is 6.86. The van der Waals surface area contributed by atoms with Gasteiger partial charge in [-0.3, -0.25) is 28.8 Å². The van der Waals surface area contributed by atoms with Crippen LogP contribution in [0.25, 0.3) is 0 Å². The second-order valence-electron chi connectivity index (χ2n) is 17.0. The first kappa shape index (κ1) is 63.1. The molecule has 0 saturated carbocycles. The average Bonchev–Trinajstić information content (AvgIpc) is 3.30. The highest BCUT2D eigenvalue weighted by Crippen LogP contribution is 2.14. The molecule has 1 atom stereocenters. The summed E-state index contributed by atoms with van der Waals surface area (Å²) in [6.45, 7) is 6.93. The molecule has 0 radical (unpaired) electrons. The van der Waals surface area contributed by atoms with Gasteiger partial charge in [0.1, 0.15) is 19.3 Å². The van der Waals surface area contributed by atoms with Gasteiger partial charge in [-0.05, 0) is 32.1 Å². The van der Waals surface area contributed by atoms with Crippen LogP contribution in [0.1, 0.15) is 181 Å². The van der Waals surface area contributed by atoms with Crippen LogP contribution >= 0.6 is 0 Å². The first-order valence-electron chi connectivity index (χ1n) is 25.8. The van der Waals surface area contributed by atoms with Crippen LogP contribution in [0, 0.1) is 0 Å². The van der Waals surface area contributed by atoms with Crippen molar-refractivity contribution in [2.75, 3.05) is 85.6 Å². The maximum absolute atomic E-state index is 12.2. The van der Waals surface area contributed by atoms with E-state index in [0.717, 1.165) is 32.1 Å². The van der Waals surface area contributed by atoms with Crippen LogP contribution < -0.4 is 31.9 Å². The van der Waals surface area contributed by atoms with E-state index in [9.17, 15) is 38.7 Å². The lowest BCUT2D eigenvalue weighted by Gasteiger charge is -2.14. The van der Waals surface area contributed by atoms with E-state index < -0.39 is 24.5 Å². The Balaban J connectivity index is 3.60. The highest BCUT2D eigenvalue weighted by atomic mass is 16.5. The molecule has 1 unspecified atom stereocenters. The molecule has 0 aliphatic rings. The lowest BCUT2D eigenvalue weighted by atomic mass is 10.0. The molecular weight excluding hydrogens is 865 g/mol. The fourth-order valence-corrected chi connectivity index (χ4v) is 6.86. The number of hydrogen-bond donors (Lipinski definition) is 7. The van der Waals surface area contributed by atoms with Crippen molar-refractivity contribution in [2.24, 2.45) is 0 Å². The van der Waals surface area contributed by atoms with Crippen molar-refractivity contribution in [3.8, 4) is 0 Å². The molecule has 0 saturated heterocycles. The van der Waals surface area contributed by atoms with Gasteiger partial charge in [0.2, 0.25) is 35.4 Å². The zero-order valence-electron chi connectivity index (χ0n) is 41.6. The molecule has 0 heterocycles. The van der Waals surface area contributed by atoms with Gasteiger partial charge in [0.25, 0.3) is 0 Å². The quantitative estimate of drug-likeness (QED) is 0.0380. The van der Waals surface area contributed by atoms with Crippen molar-refractivity contribution in [3.05, 3.63) is 0 Å². The smallest absolute Gasteiger partial charge is 0.326 e. The zero-order chi connectivity index (χ0) is 49.3. The number of unbranched alkanes of at least 4 members (excludes halogenated alkanes) is 17. The van der Waals surface area contributed by atoms with Gasteiger partial charge < -0.3 is 56.0 Å². The molecule has 18 heteroatoms. The number of nitrogens with one attached hydrogen (secondary N) is 6. The third-order valence-corrected chi connectivity index (χ3v) is 10.8. The Bertz CT molecular complexity index is 1280. The zero-order valence-corrected chi connectivity index (χ0v) is 41.6. The number of ether oxygens (including phenoxy) is 4. The van der Waals surface area contributed by atoms with Crippen molar-refractivity contribution in [1.29, 1.82) is 0 Å². The summed E-state index contributed by atoms with van der Waals surface area (Å²) in [6, 6.07) is -1.27. The van der Waals surface area contributed by atoms with E-state index in [1.165, 1.54) is 89.9 Å². The molecule has 0 aliphatic heterocycles. The highest BCUT2D eigenvalue weighted by molar-refractivity contribution is 5.85. The summed E-state index contributed by atoms with van der Waals surface area (Å²) in [7, 11) is 0. The van der Waals surface area contributed by atoms with E-state index in [1.807, 2.05) is 0 Å². The molecule has 0 aromatic carbocycles. The van der Waals surface area contributed by atoms with Crippen LogP contribution in [0.15, 0.2) is 0 Å². The minimum atomic E-state index is -1.27. The lowest BCUT2D eigenvalue weighted by Crippen LogP contribution is -2.43. The molecule has 0 bridgehead atoms. The van der Waals surface area contributed by atoms with Gasteiger partial charge in [-0.1, -0.05) is 123 Å². The van der Waals surface area contributed by atoms with Crippen LogP contribution in [-0.4, -0.2) is 138 Å². The van der Waals surface area contributed by atoms with Gasteiger partial charge in [-0.15, -0.1) is 0 Å². The predicted molar refractivity (Wildman–Crippen MR) is 259 cm³/mol. The van der Waals surface area contributed by atoms with Crippen molar-refractivity contribution >= 4 is 41.4 Å². The number of carboxylic acid groups (broad SMARTS) is 1. The van der Waals surface area contributed by atoms with Gasteiger partial charge in [0.15, 0.2) is 0 Å². The van der Waals surface area contributed by atoms with Crippen LogP contribution in [0.5, 0.6) is 0 Å². The van der Waals surface area contributed by atoms with Crippen LogP contribution in [0.3, 0.4) is 0 Å². The Morgan fingerprint density at radius 2 is 0.701 bits per heavy atom. The number of hydrogen-bond acceptors (Lipinski definition) is 11. The molecule has 0 aliphatic carbocycles. The summed E-state index contributed by atoms with van der Waals surface area (Å²) in [5.41, 5.74) is 0. The summed E-state index contributed by atoms with van der Waals surface area (Å²) in [5, 5.41) is 25.6. The summed E-state index contributed by atoms with van der Waals surface area (Å²) >= 11 is 0. The van der Waals surface area contributed by atoms with Gasteiger partial charge in [-0.25, -0.2) is 4.79 Å². The summed E-state index contributed by atoms with van der Waals surface area (Å²) < 4.78 is 21.3. The van der Waals surface area contributed by atoms with E-state index in [2.05, 4.69) is 45.7 Å². The normalized spacial score (nSPS) is 11.4. The van der Waals surface area contributed by atoms with Gasteiger partial charge >= 0.3 is 5.97 Å². The molecule has 18 nitrogen and oxygen atoms in total. The van der Waals surface area contributed by atoms with Crippen LogP contribution in [0.2, 0.25) is 0 Å². The highest BCUT2D eigenvalue weighted by Gasteiger charge is 2.21. The summed E-state index contributed by atoms with van der Waals surface area (Å²) in [6.07, 6.45) is 25.9. The second-order valence-corrected chi connectivity index (χ2v) is 17.0. The van der Waals surface area contributed by atoms with E-state index in [-0.39, 0.29) is 102 Å². The van der Waals surface area contributed by atoms with Crippen LogP contribution in [0.4, 0.5) is 0 Å². The number of carbonyl (C=O) groups is 7. The van der Waals surface area contributed by atoms with Crippen molar-refractivity contribution < 1.29 is 57.6 Å². The lowest BCUT2D eigenvalue weighted by molar-refractivity contribution is -0.143. The topological polar surface area (TPSA) is 249 Å². The van der Waals surface area contributed by atoms with Gasteiger partial charge in [0, 0.05) is 58.4 Å². The first-order chi connectivity index (χ1) is 32.6. The average molecular weight is 957 g/mol. The maximum atomic E-state index is 12.2. The van der Waals surface area contributed by atoms with Gasteiger partial charge in [0.05, 0.1) is 39.6 Å². The molecule has 390 valence electrons. The molecule has 0 spiro atoms. The molecular formula is C49H92N6O12. The largest absolute Gasteiger partial charge is 0.480 e. The van der Waals surface area contributed by atoms with Crippen molar-refractivity contribution in [2.45, 2.75) is 187 Å². The van der Waals surface area contributed by atoms with E-state index in [0.29, 0.717) is 51.9 Å². The Morgan fingerprint density at radius 3 is 1.16 bits per heavy atom. The Kier molecular flexibility index (Phi) is 45.8. The molecule has 7 N–H and O–H groups in total. The van der Waals surface area contributed by atoms with E-state index in [1.54, 1.807) is 0 Å². The molecule has 67 heavy (non-hydrogen) atoms. The maximum Gasteiger partial charge on any atom is 0.326 e. The number of aliphatic carboxylic acids is 1.